The van der Waals surface area contributed by atoms with Crippen molar-refractivity contribution in [1.29, 1.82) is 0 Å². The standard InChI is InChI=1S/C28H43O4P/c1-3-5-7-9-11-16-24-30-33(29,31-25-17-12-10-8-6-4-2)32-28-22-20-27(21-23-28)26-18-14-13-15-19-26/h13-15,18-23H,3-12,16-17,24-25H2,1-2H3. The monoisotopic (exact) mass is 474 g/mol. The van der Waals surface area contributed by atoms with E-state index >= 15 is 0 Å². The SMILES string of the molecule is CCCCCCCCOP(=O)(OCCCCCCCC)Oc1ccc(-c2ccccc2)cc1. The average molecular weight is 475 g/mol. The van der Waals surface area contributed by atoms with Gasteiger partial charge in [0, 0.05) is 0 Å². The Balaban J connectivity index is 1.88. The third-order valence-electron chi connectivity index (χ3n) is 5.67. The molecule has 2 aromatic rings. The first-order chi connectivity index (χ1) is 16.2. The van der Waals surface area contributed by atoms with Crippen molar-refractivity contribution in [2.45, 2.75) is 90.9 Å². The number of phosphoric ester groups is 1. The van der Waals surface area contributed by atoms with Gasteiger partial charge in [0.1, 0.15) is 5.75 Å². The van der Waals surface area contributed by atoms with E-state index in [9.17, 15) is 4.57 Å². The van der Waals surface area contributed by atoms with Crippen LogP contribution < -0.4 is 4.52 Å². The number of hydrogen-bond donors (Lipinski definition) is 0. The number of rotatable bonds is 19. The van der Waals surface area contributed by atoms with Crippen LogP contribution in [0, 0.1) is 0 Å². The maximum atomic E-state index is 13.3. The molecule has 0 atom stereocenters. The molecule has 0 aliphatic carbocycles. The van der Waals surface area contributed by atoms with Gasteiger partial charge in [-0.3, -0.25) is 9.05 Å². The lowest BCUT2D eigenvalue weighted by Crippen LogP contribution is -2.05. The number of unbranched alkanes of at least 4 members (excludes halogenated alkanes) is 10. The van der Waals surface area contributed by atoms with E-state index < -0.39 is 7.82 Å². The van der Waals surface area contributed by atoms with Crippen LogP contribution in [0.2, 0.25) is 0 Å². The molecule has 0 aliphatic rings. The summed E-state index contributed by atoms with van der Waals surface area (Å²) in [6, 6.07) is 17.8. The zero-order valence-corrected chi connectivity index (χ0v) is 21.6. The normalized spacial score (nSPS) is 11.6. The minimum atomic E-state index is -3.65. The van der Waals surface area contributed by atoms with Gasteiger partial charge in [-0.25, -0.2) is 4.57 Å². The molecular weight excluding hydrogens is 431 g/mol. The molecule has 0 heterocycles. The second-order valence-corrected chi connectivity index (χ2v) is 10.2. The van der Waals surface area contributed by atoms with Gasteiger partial charge in [0.2, 0.25) is 0 Å². The number of hydrogen-bond acceptors (Lipinski definition) is 4. The maximum absolute atomic E-state index is 13.3. The molecule has 0 spiro atoms. The molecule has 0 saturated heterocycles. The summed E-state index contributed by atoms with van der Waals surface area (Å²) >= 11 is 0. The van der Waals surface area contributed by atoms with E-state index in [2.05, 4.69) is 26.0 Å². The van der Waals surface area contributed by atoms with E-state index in [4.69, 9.17) is 13.6 Å². The van der Waals surface area contributed by atoms with E-state index in [1.807, 2.05) is 42.5 Å². The van der Waals surface area contributed by atoms with E-state index in [1.165, 1.54) is 51.4 Å². The first-order valence-corrected chi connectivity index (χ1v) is 14.4. The summed E-state index contributed by atoms with van der Waals surface area (Å²) in [4.78, 5) is 0. The maximum Gasteiger partial charge on any atom is 0.530 e. The molecule has 0 saturated carbocycles. The van der Waals surface area contributed by atoms with Gasteiger partial charge in [-0.2, -0.15) is 0 Å². The van der Waals surface area contributed by atoms with Crippen molar-refractivity contribution in [3.63, 3.8) is 0 Å². The van der Waals surface area contributed by atoms with Crippen molar-refractivity contribution in [1.82, 2.24) is 0 Å². The predicted molar refractivity (Wildman–Crippen MR) is 139 cm³/mol. The minimum absolute atomic E-state index is 0.391. The van der Waals surface area contributed by atoms with Crippen molar-refractivity contribution in [2.24, 2.45) is 0 Å². The summed E-state index contributed by atoms with van der Waals surface area (Å²) in [5, 5.41) is 0. The molecule has 0 radical (unpaired) electrons. The minimum Gasteiger partial charge on any atom is -0.404 e. The number of phosphoric acid groups is 1. The third-order valence-corrected chi connectivity index (χ3v) is 7.11. The molecular formula is C28H43O4P. The Morgan fingerprint density at radius 1 is 0.576 bits per heavy atom. The smallest absolute Gasteiger partial charge is 0.404 e. The quantitative estimate of drug-likeness (QED) is 0.150. The molecule has 0 N–H and O–H groups in total. The summed E-state index contributed by atoms with van der Waals surface area (Å²) in [5.74, 6) is 0.504. The third kappa shape index (κ3) is 11.9. The zero-order valence-electron chi connectivity index (χ0n) is 20.7. The summed E-state index contributed by atoms with van der Waals surface area (Å²) in [6.45, 7) is 5.21. The molecule has 0 bridgehead atoms. The Bertz CT molecular complexity index is 754. The highest BCUT2D eigenvalue weighted by Gasteiger charge is 2.28. The van der Waals surface area contributed by atoms with Gasteiger partial charge in [-0.05, 0) is 36.1 Å². The van der Waals surface area contributed by atoms with Crippen LogP contribution in [0.5, 0.6) is 5.75 Å². The van der Waals surface area contributed by atoms with Crippen LogP contribution in [-0.4, -0.2) is 13.2 Å². The van der Waals surface area contributed by atoms with E-state index in [0.717, 1.165) is 36.8 Å². The molecule has 5 heteroatoms. The van der Waals surface area contributed by atoms with Crippen molar-refractivity contribution < 1.29 is 18.1 Å². The fourth-order valence-electron chi connectivity index (χ4n) is 3.68. The highest BCUT2D eigenvalue weighted by atomic mass is 31.2. The number of benzene rings is 2. The molecule has 0 aliphatic heterocycles. The molecule has 0 amide bonds. The molecule has 33 heavy (non-hydrogen) atoms. The van der Waals surface area contributed by atoms with Gasteiger partial charge in [0.15, 0.2) is 0 Å². The first kappa shape index (κ1) is 27.6. The van der Waals surface area contributed by atoms with E-state index in [1.54, 1.807) is 0 Å². The molecule has 4 nitrogen and oxygen atoms in total. The van der Waals surface area contributed by atoms with Gasteiger partial charge in [0.05, 0.1) is 13.2 Å². The highest BCUT2D eigenvalue weighted by Crippen LogP contribution is 2.50. The Morgan fingerprint density at radius 2 is 1.03 bits per heavy atom. The van der Waals surface area contributed by atoms with Gasteiger partial charge in [-0.1, -0.05) is 121 Å². The summed E-state index contributed by atoms with van der Waals surface area (Å²) in [5.41, 5.74) is 2.21. The molecule has 2 rings (SSSR count). The lowest BCUT2D eigenvalue weighted by atomic mass is 10.1. The first-order valence-electron chi connectivity index (χ1n) is 12.9. The van der Waals surface area contributed by atoms with Crippen molar-refractivity contribution >= 4 is 7.82 Å². The van der Waals surface area contributed by atoms with Crippen LogP contribution in [0.4, 0.5) is 0 Å². The van der Waals surface area contributed by atoms with Crippen molar-refractivity contribution in [3.8, 4) is 16.9 Å². The van der Waals surface area contributed by atoms with E-state index in [-0.39, 0.29) is 0 Å². The molecule has 184 valence electrons. The Hall–Kier alpha value is -1.61. The van der Waals surface area contributed by atoms with Crippen molar-refractivity contribution in [3.05, 3.63) is 54.6 Å². The van der Waals surface area contributed by atoms with Gasteiger partial charge in [0.25, 0.3) is 0 Å². The zero-order chi connectivity index (χ0) is 23.6. The summed E-state index contributed by atoms with van der Waals surface area (Å²) < 4.78 is 30.6. The van der Waals surface area contributed by atoms with Crippen LogP contribution in [0.25, 0.3) is 11.1 Å². The molecule has 0 unspecified atom stereocenters. The largest absolute Gasteiger partial charge is 0.530 e. The summed E-state index contributed by atoms with van der Waals surface area (Å²) in [7, 11) is -3.65. The Labute approximate surface area is 201 Å². The van der Waals surface area contributed by atoms with Crippen LogP contribution in [0.1, 0.15) is 90.9 Å². The average Bonchev–Trinajstić information content (AvgIpc) is 2.84. The molecule has 0 fully saturated rings. The van der Waals surface area contributed by atoms with Crippen LogP contribution >= 0.6 is 7.82 Å². The van der Waals surface area contributed by atoms with Gasteiger partial charge in [-0.15, -0.1) is 0 Å². The predicted octanol–water partition coefficient (Wildman–Crippen LogP) is 9.59. The van der Waals surface area contributed by atoms with Crippen LogP contribution in [0.15, 0.2) is 54.6 Å². The van der Waals surface area contributed by atoms with Gasteiger partial charge >= 0.3 is 7.82 Å². The van der Waals surface area contributed by atoms with E-state index in [0.29, 0.717) is 19.0 Å². The molecule has 0 aromatic heterocycles. The Kier molecular flexibility index (Phi) is 14.2. The lowest BCUT2D eigenvalue weighted by molar-refractivity contribution is 0.150. The lowest BCUT2D eigenvalue weighted by Gasteiger charge is -2.19. The highest BCUT2D eigenvalue weighted by molar-refractivity contribution is 7.48. The van der Waals surface area contributed by atoms with Crippen LogP contribution in [-0.2, 0) is 13.6 Å². The second kappa shape index (κ2) is 16.9. The van der Waals surface area contributed by atoms with Gasteiger partial charge < -0.3 is 4.52 Å². The van der Waals surface area contributed by atoms with Crippen LogP contribution in [0.3, 0.4) is 0 Å². The van der Waals surface area contributed by atoms with Crippen molar-refractivity contribution in [2.75, 3.05) is 13.2 Å². The topological polar surface area (TPSA) is 44.8 Å². The summed E-state index contributed by atoms with van der Waals surface area (Å²) in [6.07, 6.45) is 13.7. The molecule has 2 aromatic carbocycles. The fourth-order valence-corrected chi connectivity index (χ4v) is 4.94. The Morgan fingerprint density at radius 3 is 1.55 bits per heavy atom. The second-order valence-electron chi connectivity index (χ2n) is 8.63. The fraction of sp³-hybridized carbons (Fsp3) is 0.571.